The number of nitrogens with two attached hydrogens (primary N) is 2. The molecule has 0 radical (unpaired) electrons. The van der Waals surface area contributed by atoms with Crippen molar-refractivity contribution < 1.29 is 167 Å². The number of aromatic hydroxyl groups is 2. The van der Waals surface area contributed by atoms with Gasteiger partial charge in [0.05, 0.1) is 41.6 Å². The van der Waals surface area contributed by atoms with Gasteiger partial charge in [0, 0.05) is 43.5 Å². The molecule has 1 aliphatic carbocycles. The summed E-state index contributed by atoms with van der Waals surface area (Å²) in [5.74, 6) is -16.6. The summed E-state index contributed by atoms with van der Waals surface area (Å²) >= 11 is 13.7. The van der Waals surface area contributed by atoms with Crippen LogP contribution in [0.25, 0.3) is 0 Å². The molecule has 6 amide bonds. The first-order valence-electron chi connectivity index (χ1n) is 39.8. The van der Waals surface area contributed by atoms with Crippen LogP contribution in [-0.4, -0.2) is 291 Å². The third-order valence-electron chi connectivity index (χ3n) is 22.9. The van der Waals surface area contributed by atoms with Gasteiger partial charge in [0.2, 0.25) is 53.8 Å². The molecule has 26 N–H and O–H groups in total. The Morgan fingerprint density at radius 1 is 0.606 bits per heavy atom. The van der Waals surface area contributed by atoms with E-state index in [1.807, 2.05) is 0 Å². The molecule has 44 heteroatoms. The lowest BCUT2D eigenvalue weighted by molar-refractivity contribution is -0.378. The molecule has 4 saturated heterocycles. The number of carbonyl (C=O) groups excluding carboxylic acids is 6. The number of aliphatic hydroxyl groups is 13. The summed E-state index contributed by atoms with van der Waals surface area (Å²) in [4.78, 5) is 110. The number of phenolic OH excluding ortho intramolecular Hbond substituents is 2. The molecular formula is C83H92Cl2N8O34. The molecule has 11 bridgehead atoms. The molecule has 10 aliphatic rings. The number of carbonyl (C=O) groups is 7. The largest absolute Gasteiger partial charge is 0.508 e. The Bertz CT molecular complexity index is 5130. The van der Waals surface area contributed by atoms with E-state index in [9.17, 15) is 91.3 Å². The van der Waals surface area contributed by atoms with Gasteiger partial charge in [-0.1, -0.05) is 96.0 Å². The fraction of sp³-hybridized carbons (Fsp3) is 0.434. The summed E-state index contributed by atoms with van der Waals surface area (Å²) in [6, 6.07) is 7.34. The van der Waals surface area contributed by atoms with Crippen LogP contribution in [0, 0.1) is 0 Å². The molecule has 0 aromatic heterocycles. The maximum absolute atomic E-state index is 16.8. The van der Waals surface area contributed by atoms with E-state index >= 15 is 24.0 Å². The number of benzene rings is 6. The second kappa shape index (κ2) is 38.9. The van der Waals surface area contributed by atoms with Crippen molar-refractivity contribution in [2.75, 3.05) is 20.3 Å². The van der Waals surface area contributed by atoms with Crippen LogP contribution in [0.15, 0.2) is 139 Å². The zero-order chi connectivity index (χ0) is 91.2. The molecule has 4 fully saturated rings. The Labute approximate surface area is 729 Å². The van der Waals surface area contributed by atoms with Gasteiger partial charge in [-0.15, -0.1) is 0 Å². The van der Waals surface area contributed by atoms with Crippen LogP contribution in [0.3, 0.4) is 0 Å². The van der Waals surface area contributed by atoms with Gasteiger partial charge in [0.15, 0.2) is 42.5 Å². The monoisotopic (exact) mass is 1810 g/mol. The molecule has 0 saturated carbocycles. The third-order valence-corrected chi connectivity index (χ3v) is 23.5. The van der Waals surface area contributed by atoms with E-state index in [-0.39, 0.29) is 39.6 Å². The summed E-state index contributed by atoms with van der Waals surface area (Å²) in [5.41, 5.74) is 11.1. The molecule has 9 aliphatic heterocycles. The Morgan fingerprint density at radius 2 is 1.26 bits per heavy atom. The van der Waals surface area contributed by atoms with E-state index in [0.717, 1.165) is 66.8 Å². The second-order valence-corrected chi connectivity index (χ2v) is 32.2. The number of aliphatic hydroxyl groups excluding tert-OH is 13. The predicted molar refractivity (Wildman–Crippen MR) is 429 cm³/mol. The standard InChI is InChI=1S/C83H92Cl2N8O34/c1-29-69(117-2)42(86)26-52(118-29)124-70-34-12-17-46(41(85)21-34)120-49-23-35-22-48(71(49)125-83-72(65(104)62(101)51(28-95)123-83)126-82-68(107)64(103)66(105)80(116)127-82)119-37-13-8-31(9-14-37)60(99)58(92-74(109)54(87)32-10-16-45(98)40(84)20-32)77(112)88-43(18-30-6-4-3-5-7-30)73(108)89-56(35)76(111)90-55-33-11-15-44(97)38(19-33)53-39(57(79(114)115)91-78(113)59(70)93-75(55)110)24-36(96)25-47(53)121-81-67(106)63(102)61(100)50(27-94)122-81/h3-17,19-25,29,38,42-44,50-52,54-70,72,80-83,94-107,116H,18,26-28,86-87H2,1-2H3,(H,88,112)(H,89,108)(H,90,111)(H,91,113)(H,92,109)(H,93,110)(H,114,115)/t29-,38?,42-,43-,44?,50+,51+,52-,54+,55+,56+,57-,58+,59-,60+,61+,62+,63-,64+,65-,66+,67-,68+,69-,70+,72+,80+,81-,82+,83-/m0/s1. The maximum Gasteiger partial charge on any atom is 0.330 e. The number of phenols is 2. The number of ether oxygens (including phenoxy) is 11. The number of amides is 6. The number of rotatable bonds is 17. The van der Waals surface area contributed by atoms with Crippen molar-refractivity contribution in [3.05, 3.63) is 188 Å². The molecule has 6 aromatic rings. The summed E-state index contributed by atoms with van der Waals surface area (Å²) < 4.78 is 68.4. The van der Waals surface area contributed by atoms with Gasteiger partial charge in [0.1, 0.15) is 138 Å². The lowest BCUT2D eigenvalue weighted by Crippen LogP contribution is -2.64. The predicted octanol–water partition coefficient (Wildman–Crippen LogP) is -3.34. The van der Waals surface area contributed by atoms with E-state index < -0.39 is 306 Å². The Hall–Kier alpha value is -10.4. The van der Waals surface area contributed by atoms with Crippen molar-refractivity contribution in [3.8, 4) is 46.0 Å². The van der Waals surface area contributed by atoms with Crippen LogP contribution in [-0.2, 0) is 73.1 Å². The molecule has 30 atom stereocenters. The van der Waals surface area contributed by atoms with E-state index in [4.69, 9.17) is 86.8 Å². The van der Waals surface area contributed by atoms with Crippen LogP contribution in [0.2, 0.25) is 10.0 Å². The number of aliphatic carboxylic acids is 1. The van der Waals surface area contributed by atoms with Crippen molar-refractivity contribution >= 4 is 64.6 Å². The average Bonchev–Trinajstić information content (AvgIpc) is 0.754. The number of methoxy groups -OCH3 is 1. The number of hydrogen-bond acceptors (Lipinski definition) is 35. The number of halogens is 2. The summed E-state index contributed by atoms with van der Waals surface area (Å²) in [6.07, 6.45) is -38.7. The third kappa shape index (κ3) is 19.5. The summed E-state index contributed by atoms with van der Waals surface area (Å²) in [6.45, 7) is -0.516. The Balaban J connectivity index is 1.01. The first kappa shape index (κ1) is 92.8. The van der Waals surface area contributed by atoms with Crippen molar-refractivity contribution in [2.45, 2.75) is 203 Å². The number of fused-ring (bicyclic) bond motifs is 14. The molecule has 9 heterocycles. The molecule has 127 heavy (non-hydrogen) atoms. The van der Waals surface area contributed by atoms with Crippen LogP contribution in [0.1, 0.15) is 88.5 Å². The van der Waals surface area contributed by atoms with E-state index in [0.29, 0.717) is 5.56 Å². The van der Waals surface area contributed by atoms with Gasteiger partial charge in [-0.05, 0) is 100 Å². The first-order valence-corrected chi connectivity index (χ1v) is 40.5. The van der Waals surface area contributed by atoms with Gasteiger partial charge < -0.3 is 177 Å². The van der Waals surface area contributed by atoms with Crippen molar-refractivity contribution in [1.29, 1.82) is 0 Å². The summed E-state index contributed by atoms with van der Waals surface area (Å²) in [7, 11) is 1.36. The second-order valence-electron chi connectivity index (χ2n) is 31.4. The smallest absolute Gasteiger partial charge is 0.330 e. The van der Waals surface area contributed by atoms with Gasteiger partial charge in [-0.2, -0.15) is 0 Å². The van der Waals surface area contributed by atoms with Crippen LogP contribution < -0.4 is 62.3 Å². The van der Waals surface area contributed by atoms with Crippen LogP contribution in [0.5, 0.6) is 46.0 Å². The topological polar surface area (TPSA) is 669 Å². The number of carboxylic acid groups (broad SMARTS) is 1. The highest BCUT2D eigenvalue weighted by Gasteiger charge is 2.54. The Morgan fingerprint density at radius 3 is 1.93 bits per heavy atom. The molecule has 682 valence electrons. The van der Waals surface area contributed by atoms with Gasteiger partial charge in [-0.3, -0.25) is 28.8 Å². The lowest BCUT2D eigenvalue weighted by atomic mass is 9.80. The number of hydrogen-bond donors (Lipinski definition) is 24. The van der Waals surface area contributed by atoms with Crippen molar-refractivity contribution in [3.63, 3.8) is 0 Å². The highest BCUT2D eigenvalue weighted by atomic mass is 35.5. The quantitative estimate of drug-likeness (QED) is 0.0424. The number of carboxylic acids is 1. The molecule has 6 aromatic carbocycles. The summed E-state index contributed by atoms with van der Waals surface area (Å²) in [5, 5.41) is 194. The van der Waals surface area contributed by atoms with Gasteiger partial charge in [-0.25, -0.2) is 4.79 Å². The van der Waals surface area contributed by atoms with Crippen LogP contribution in [0.4, 0.5) is 0 Å². The van der Waals surface area contributed by atoms with Gasteiger partial charge >= 0.3 is 5.97 Å². The number of nitrogens with one attached hydrogen (secondary N) is 6. The molecule has 42 nitrogen and oxygen atoms in total. The van der Waals surface area contributed by atoms with Crippen LogP contribution >= 0.6 is 23.2 Å². The molecule has 0 spiro atoms. The average molecular weight is 1820 g/mol. The minimum absolute atomic E-state index is 0.00339. The normalized spacial score (nSPS) is 34.2. The zero-order valence-corrected chi connectivity index (χ0v) is 68.3. The van der Waals surface area contributed by atoms with E-state index in [2.05, 4.69) is 31.9 Å². The SMILES string of the molecule is CO[C@H]1[C@H](C)O[C@@H](O[C@@H]2c3ccc(c(Cl)c3)Oc3cc4cc(c3O[C@@H]3O[C@H](CO)[C@@H](O)[C@H](O)[C@H]3O[C@@H]3O[C@@H](O)[C@H](O)[C@@H](O)[C@H]3O)Oc3ccc(cc3)[C@@H](O)[C@@H](NC(=O)[C@H](N)c3ccc(O)c(Cl)c3)C(=O)N[C@@H](Cc3ccccc3)C(=O)N[C@H]4C(=O)N[C@H]3C(=O)N[C@@H]2C(=O)N[C@H](C(=O)O)c2cc(O)cc(O[C@H]4O[C@H](CO)[C@@H](O)[C@H](O)[C@@H]4O)c2C2C=C3C=CC2O)C[C@@H]1N. The van der Waals surface area contributed by atoms with E-state index in [1.54, 1.807) is 25.1 Å². The lowest BCUT2D eigenvalue weighted by Gasteiger charge is -2.45. The zero-order valence-electron chi connectivity index (χ0n) is 66.8. The highest BCUT2D eigenvalue weighted by Crippen LogP contribution is 2.50. The van der Waals surface area contributed by atoms with Crippen molar-refractivity contribution in [1.82, 2.24) is 31.9 Å². The molecule has 2 unspecified atom stereocenters. The van der Waals surface area contributed by atoms with Crippen molar-refractivity contribution in [2.24, 2.45) is 11.5 Å². The molecule has 16 rings (SSSR count). The minimum atomic E-state index is -2.42. The first-order chi connectivity index (χ1) is 60.5. The fourth-order valence-electron chi connectivity index (χ4n) is 16.1. The van der Waals surface area contributed by atoms with E-state index in [1.165, 1.54) is 55.6 Å². The Kier molecular flexibility index (Phi) is 28.4. The maximum atomic E-state index is 16.8. The fourth-order valence-corrected chi connectivity index (χ4v) is 16.5. The van der Waals surface area contributed by atoms with Gasteiger partial charge in [0.25, 0.3) is 0 Å². The molecular weight excluding hydrogens is 1720 g/mol. The highest BCUT2D eigenvalue weighted by molar-refractivity contribution is 6.32. The minimum Gasteiger partial charge on any atom is -0.508 e.